The minimum atomic E-state index is -0.365. The summed E-state index contributed by atoms with van der Waals surface area (Å²) in [6.45, 7) is 4.89. The van der Waals surface area contributed by atoms with Crippen LogP contribution in [0.4, 0.5) is 10.1 Å². The number of amides is 1. The second-order valence-corrected chi connectivity index (χ2v) is 9.26. The van der Waals surface area contributed by atoms with Crippen molar-refractivity contribution in [1.82, 2.24) is 0 Å². The van der Waals surface area contributed by atoms with Crippen molar-refractivity contribution < 1.29 is 18.7 Å². The van der Waals surface area contributed by atoms with Gasteiger partial charge in [-0.1, -0.05) is 42.2 Å². The number of thioether (sulfide) groups is 1. The van der Waals surface area contributed by atoms with Gasteiger partial charge in [-0.15, -0.1) is 0 Å². The van der Waals surface area contributed by atoms with E-state index in [1.807, 2.05) is 50.2 Å². The number of benzene rings is 3. The maximum absolute atomic E-state index is 13.2. The second-order valence-electron chi connectivity index (χ2n) is 7.59. The van der Waals surface area contributed by atoms with Crippen LogP contribution in [0.15, 0.2) is 71.6 Å². The molecule has 1 heterocycles. The SMILES string of the molecule is Cc1cc(C)cc(OCCOc2cccc(/C=C3\SC(=S)N(c4ccc(F)cc4)C3=O)c2)c1. The molecule has 0 radical (unpaired) electrons. The molecule has 1 amide bonds. The third-order valence-electron chi connectivity index (χ3n) is 4.85. The van der Waals surface area contributed by atoms with Crippen LogP contribution in [0.3, 0.4) is 0 Å². The minimum absolute atomic E-state index is 0.232. The standard InChI is InChI=1S/C26H22FNO3S2/c1-17-12-18(2)14-23(13-17)31-11-10-30-22-5-3-4-19(15-22)16-24-25(29)28(26(32)33-24)21-8-6-20(27)7-9-21/h3-9,12-16H,10-11H2,1-2H3/b24-16-. The lowest BCUT2D eigenvalue weighted by Crippen LogP contribution is -2.27. The third kappa shape index (κ3) is 5.80. The molecule has 3 aromatic carbocycles. The fraction of sp³-hybridized carbons (Fsp3) is 0.154. The fourth-order valence-electron chi connectivity index (χ4n) is 3.46. The molecule has 0 N–H and O–H groups in total. The van der Waals surface area contributed by atoms with Crippen molar-refractivity contribution in [2.24, 2.45) is 0 Å². The Kier molecular flexibility index (Phi) is 7.11. The van der Waals surface area contributed by atoms with E-state index in [1.54, 1.807) is 6.08 Å². The number of halogens is 1. The molecule has 1 fully saturated rings. The number of rotatable bonds is 7. The summed E-state index contributed by atoms with van der Waals surface area (Å²) in [5.41, 5.74) is 3.68. The predicted molar refractivity (Wildman–Crippen MR) is 135 cm³/mol. The van der Waals surface area contributed by atoms with Gasteiger partial charge in [0.15, 0.2) is 4.32 Å². The van der Waals surface area contributed by atoms with Crippen LogP contribution < -0.4 is 14.4 Å². The molecule has 0 spiro atoms. The first-order chi connectivity index (χ1) is 15.9. The summed E-state index contributed by atoms with van der Waals surface area (Å²) >= 11 is 6.59. The lowest BCUT2D eigenvalue weighted by Gasteiger charge is -2.14. The van der Waals surface area contributed by atoms with Crippen LogP contribution in [0.25, 0.3) is 6.08 Å². The predicted octanol–water partition coefficient (Wildman–Crippen LogP) is 6.31. The zero-order valence-electron chi connectivity index (χ0n) is 18.2. The molecule has 1 aliphatic heterocycles. The van der Waals surface area contributed by atoms with Gasteiger partial charge in [-0.25, -0.2) is 4.39 Å². The maximum atomic E-state index is 13.2. The summed E-state index contributed by atoms with van der Waals surface area (Å²) < 4.78 is 25.2. The van der Waals surface area contributed by atoms with E-state index in [0.29, 0.717) is 33.9 Å². The Bertz CT molecular complexity index is 1200. The summed E-state index contributed by atoms with van der Waals surface area (Å²) in [5, 5.41) is 0. The number of hydrogen-bond donors (Lipinski definition) is 0. The molecule has 0 aliphatic carbocycles. The molecule has 0 aromatic heterocycles. The highest BCUT2D eigenvalue weighted by atomic mass is 32.2. The highest BCUT2D eigenvalue weighted by Gasteiger charge is 2.33. The number of hydrogen-bond acceptors (Lipinski definition) is 5. The Balaban J connectivity index is 1.38. The van der Waals surface area contributed by atoms with Crippen LogP contribution >= 0.6 is 24.0 Å². The molecular formula is C26H22FNO3S2. The van der Waals surface area contributed by atoms with Crippen molar-refractivity contribution in [2.75, 3.05) is 18.1 Å². The van der Waals surface area contributed by atoms with E-state index in [2.05, 4.69) is 6.07 Å². The number of nitrogens with zero attached hydrogens (tertiary/aromatic N) is 1. The van der Waals surface area contributed by atoms with Crippen molar-refractivity contribution in [3.63, 3.8) is 0 Å². The number of carbonyl (C=O) groups is 1. The molecule has 4 rings (SSSR count). The smallest absolute Gasteiger partial charge is 0.270 e. The van der Waals surface area contributed by atoms with Gasteiger partial charge < -0.3 is 9.47 Å². The van der Waals surface area contributed by atoms with Gasteiger partial charge in [0.25, 0.3) is 5.91 Å². The van der Waals surface area contributed by atoms with E-state index in [9.17, 15) is 9.18 Å². The van der Waals surface area contributed by atoms with E-state index in [4.69, 9.17) is 21.7 Å². The monoisotopic (exact) mass is 479 g/mol. The Morgan fingerprint density at radius 1 is 0.939 bits per heavy atom. The van der Waals surface area contributed by atoms with Gasteiger partial charge in [-0.05, 0) is 85.1 Å². The first kappa shape index (κ1) is 23.0. The normalized spacial score (nSPS) is 14.8. The number of ether oxygens (including phenoxy) is 2. The Morgan fingerprint density at radius 2 is 1.61 bits per heavy atom. The molecule has 0 saturated carbocycles. The van der Waals surface area contributed by atoms with Gasteiger partial charge in [0.05, 0.1) is 10.6 Å². The average molecular weight is 480 g/mol. The van der Waals surface area contributed by atoms with Crippen molar-refractivity contribution in [3.05, 3.63) is 94.1 Å². The van der Waals surface area contributed by atoms with Gasteiger partial charge in [0.1, 0.15) is 30.5 Å². The summed E-state index contributed by atoms with van der Waals surface area (Å²) in [4.78, 5) is 14.8. The van der Waals surface area contributed by atoms with Crippen LogP contribution in [0, 0.1) is 19.7 Å². The molecule has 33 heavy (non-hydrogen) atoms. The number of aryl methyl sites for hydroxylation is 2. The third-order valence-corrected chi connectivity index (χ3v) is 6.15. The average Bonchev–Trinajstić information content (AvgIpc) is 3.04. The number of carbonyl (C=O) groups excluding carboxylic acids is 1. The maximum Gasteiger partial charge on any atom is 0.270 e. The zero-order chi connectivity index (χ0) is 23.4. The zero-order valence-corrected chi connectivity index (χ0v) is 19.8. The van der Waals surface area contributed by atoms with Gasteiger partial charge in [-0.3, -0.25) is 9.69 Å². The molecule has 0 unspecified atom stereocenters. The number of anilines is 1. The highest BCUT2D eigenvalue weighted by Crippen LogP contribution is 2.36. The summed E-state index contributed by atoms with van der Waals surface area (Å²) in [7, 11) is 0. The van der Waals surface area contributed by atoms with Crippen molar-refractivity contribution in [3.8, 4) is 11.5 Å². The van der Waals surface area contributed by atoms with Crippen LogP contribution in [0.2, 0.25) is 0 Å². The first-order valence-electron chi connectivity index (χ1n) is 10.4. The lowest BCUT2D eigenvalue weighted by atomic mass is 10.1. The molecule has 168 valence electrons. The van der Waals surface area contributed by atoms with Crippen molar-refractivity contribution >= 4 is 46.0 Å². The van der Waals surface area contributed by atoms with E-state index in [1.165, 1.54) is 40.9 Å². The van der Waals surface area contributed by atoms with Crippen LogP contribution in [-0.4, -0.2) is 23.4 Å². The van der Waals surface area contributed by atoms with E-state index < -0.39 is 0 Å². The van der Waals surface area contributed by atoms with E-state index in [-0.39, 0.29) is 11.7 Å². The summed E-state index contributed by atoms with van der Waals surface area (Å²) in [6, 6.07) is 19.3. The molecule has 0 atom stereocenters. The molecule has 1 saturated heterocycles. The van der Waals surface area contributed by atoms with Crippen molar-refractivity contribution in [1.29, 1.82) is 0 Å². The number of thiocarbonyl (C=S) groups is 1. The quantitative estimate of drug-likeness (QED) is 0.226. The molecule has 4 nitrogen and oxygen atoms in total. The fourth-order valence-corrected chi connectivity index (χ4v) is 4.76. The second kappa shape index (κ2) is 10.2. The Morgan fingerprint density at radius 3 is 2.30 bits per heavy atom. The summed E-state index contributed by atoms with van der Waals surface area (Å²) in [6.07, 6.45) is 1.78. The van der Waals surface area contributed by atoms with Gasteiger partial charge in [0, 0.05) is 0 Å². The first-order valence-corrected chi connectivity index (χ1v) is 11.6. The van der Waals surface area contributed by atoms with Crippen LogP contribution in [0.5, 0.6) is 11.5 Å². The topological polar surface area (TPSA) is 38.8 Å². The van der Waals surface area contributed by atoms with Crippen LogP contribution in [0.1, 0.15) is 16.7 Å². The van der Waals surface area contributed by atoms with Crippen molar-refractivity contribution in [2.45, 2.75) is 13.8 Å². The van der Waals surface area contributed by atoms with Crippen LogP contribution in [-0.2, 0) is 4.79 Å². The molecular weight excluding hydrogens is 457 g/mol. The highest BCUT2D eigenvalue weighted by molar-refractivity contribution is 8.27. The lowest BCUT2D eigenvalue weighted by molar-refractivity contribution is -0.113. The summed E-state index contributed by atoms with van der Waals surface area (Å²) in [5.74, 6) is 0.913. The largest absolute Gasteiger partial charge is 0.490 e. The molecule has 0 bridgehead atoms. The Hall–Kier alpha value is -3.16. The Labute approximate surface area is 202 Å². The van der Waals surface area contributed by atoms with E-state index >= 15 is 0 Å². The van der Waals surface area contributed by atoms with E-state index in [0.717, 1.165) is 22.4 Å². The minimum Gasteiger partial charge on any atom is -0.490 e. The molecule has 7 heteroatoms. The molecule has 3 aromatic rings. The van der Waals surface area contributed by atoms with Gasteiger partial charge in [-0.2, -0.15) is 0 Å². The van der Waals surface area contributed by atoms with Gasteiger partial charge >= 0.3 is 0 Å². The molecule has 1 aliphatic rings. The van der Waals surface area contributed by atoms with Gasteiger partial charge in [0.2, 0.25) is 0 Å².